The molecule has 0 bridgehead atoms. The molecule has 0 spiro atoms. The summed E-state index contributed by atoms with van der Waals surface area (Å²) in [4.78, 5) is 15.7. The highest BCUT2D eigenvalue weighted by atomic mass is 79.9. The maximum absolute atomic E-state index is 11.6. The Morgan fingerprint density at radius 1 is 1.57 bits per heavy atom. The van der Waals surface area contributed by atoms with Crippen molar-refractivity contribution in [2.45, 2.75) is 25.3 Å². The molecule has 1 aliphatic rings. The summed E-state index contributed by atoms with van der Waals surface area (Å²) < 4.78 is 0.742. The first-order chi connectivity index (χ1) is 6.59. The van der Waals surface area contributed by atoms with Crippen LogP contribution in [0.1, 0.15) is 30.1 Å². The van der Waals surface area contributed by atoms with Crippen LogP contribution < -0.4 is 5.32 Å². The Balaban J connectivity index is 2.07. The summed E-state index contributed by atoms with van der Waals surface area (Å²) in [5, 5.41) is 2.97. The predicted octanol–water partition coefficient (Wildman–Crippen LogP) is 2.13. The Hall–Kier alpha value is -0.900. The molecule has 0 aliphatic heterocycles. The molecule has 1 aromatic heterocycles. The molecule has 1 fully saturated rings. The Morgan fingerprint density at radius 3 is 2.79 bits per heavy atom. The molecule has 1 heterocycles. The maximum Gasteiger partial charge on any atom is 0.253 e. The van der Waals surface area contributed by atoms with Gasteiger partial charge in [0.25, 0.3) is 5.91 Å². The van der Waals surface area contributed by atoms with Crippen molar-refractivity contribution in [3.8, 4) is 0 Å². The predicted molar refractivity (Wildman–Crippen MR) is 57.0 cm³/mol. The lowest BCUT2D eigenvalue weighted by molar-refractivity contribution is 0.0935. The number of carbonyl (C=O) groups excluding carboxylic acids is 1. The van der Waals surface area contributed by atoms with E-state index in [0.29, 0.717) is 5.56 Å². The Labute approximate surface area is 91.0 Å². The summed E-state index contributed by atoms with van der Waals surface area (Å²) >= 11 is 3.23. The Kier molecular flexibility index (Phi) is 2.31. The molecule has 3 nitrogen and oxygen atoms in total. The minimum absolute atomic E-state index is 0.0319. The van der Waals surface area contributed by atoms with Crippen LogP contribution in [0.2, 0.25) is 0 Å². The number of hydrogen-bond acceptors (Lipinski definition) is 2. The topological polar surface area (TPSA) is 42.0 Å². The zero-order valence-corrected chi connectivity index (χ0v) is 9.47. The molecule has 0 atom stereocenters. The fraction of sp³-hybridized carbons (Fsp3) is 0.400. The minimum Gasteiger partial charge on any atom is -0.347 e. The maximum atomic E-state index is 11.6. The number of carbonyl (C=O) groups is 1. The second-order valence-electron chi connectivity index (χ2n) is 3.88. The normalized spacial score (nSPS) is 17.6. The zero-order valence-electron chi connectivity index (χ0n) is 7.88. The third-order valence-corrected chi connectivity index (χ3v) is 2.87. The minimum atomic E-state index is -0.0370. The Morgan fingerprint density at radius 2 is 2.29 bits per heavy atom. The molecule has 1 aliphatic carbocycles. The molecule has 1 N–H and O–H groups in total. The molecule has 0 radical (unpaired) electrons. The van der Waals surface area contributed by atoms with Gasteiger partial charge in [0.2, 0.25) is 0 Å². The highest BCUT2D eigenvalue weighted by molar-refractivity contribution is 9.10. The monoisotopic (exact) mass is 254 g/mol. The van der Waals surface area contributed by atoms with Crippen molar-refractivity contribution in [1.29, 1.82) is 0 Å². The summed E-state index contributed by atoms with van der Waals surface area (Å²) in [7, 11) is 0. The molecule has 1 amide bonds. The quantitative estimate of drug-likeness (QED) is 0.822. The van der Waals surface area contributed by atoms with E-state index >= 15 is 0 Å². The third kappa shape index (κ3) is 2.12. The van der Waals surface area contributed by atoms with Gasteiger partial charge >= 0.3 is 0 Å². The van der Waals surface area contributed by atoms with Gasteiger partial charge in [0.1, 0.15) is 4.60 Å². The van der Waals surface area contributed by atoms with Crippen LogP contribution in [0.5, 0.6) is 0 Å². The summed E-state index contributed by atoms with van der Waals surface area (Å²) in [5.74, 6) is -0.0370. The molecule has 14 heavy (non-hydrogen) atoms. The molecule has 1 aromatic rings. The van der Waals surface area contributed by atoms with E-state index in [1.807, 2.05) is 0 Å². The third-order valence-electron chi connectivity index (χ3n) is 2.40. The number of amides is 1. The molecule has 0 aromatic carbocycles. The molecular weight excluding hydrogens is 244 g/mol. The average molecular weight is 255 g/mol. The Bertz CT molecular complexity index is 357. The van der Waals surface area contributed by atoms with Crippen LogP contribution in [0.25, 0.3) is 0 Å². The van der Waals surface area contributed by atoms with Gasteiger partial charge in [0.05, 0.1) is 5.56 Å². The van der Waals surface area contributed by atoms with Gasteiger partial charge in [-0.25, -0.2) is 4.98 Å². The van der Waals surface area contributed by atoms with E-state index in [1.165, 1.54) is 0 Å². The van der Waals surface area contributed by atoms with E-state index in [2.05, 4.69) is 33.2 Å². The van der Waals surface area contributed by atoms with Crippen LogP contribution in [-0.2, 0) is 0 Å². The van der Waals surface area contributed by atoms with Gasteiger partial charge in [-0.2, -0.15) is 0 Å². The number of hydrogen-bond donors (Lipinski definition) is 1. The zero-order chi connectivity index (χ0) is 10.2. The van der Waals surface area contributed by atoms with Crippen LogP contribution in [-0.4, -0.2) is 16.4 Å². The molecule has 4 heteroatoms. The van der Waals surface area contributed by atoms with E-state index in [4.69, 9.17) is 0 Å². The molecule has 2 rings (SSSR count). The average Bonchev–Trinajstić information content (AvgIpc) is 2.84. The van der Waals surface area contributed by atoms with Crippen LogP contribution in [0, 0.1) is 0 Å². The van der Waals surface area contributed by atoms with E-state index in [-0.39, 0.29) is 11.4 Å². The van der Waals surface area contributed by atoms with E-state index in [1.54, 1.807) is 18.3 Å². The lowest BCUT2D eigenvalue weighted by Crippen LogP contribution is -2.34. The van der Waals surface area contributed by atoms with Crippen molar-refractivity contribution in [3.63, 3.8) is 0 Å². The number of rotatable bonds is 2. The van der Waals surface area contributed by atoms with Crippen molar-refractivity contribution in [2.75, 3.05) is 0 Å². The van der Waals surface area contributed by atoms with Gasteiger partial charge < -0.3 is 5.32 Å². The standard InChI is InChI=1S/C10H11BrN2O/c1-10(4-5-10)13-9(14)7-2-3-8(11)12-6-7/h2-3,6H,4-5H2,1H3,(H,13,14). The van der Waals surface area contributed by atoms with Crippen molar-refractivity contribution >= 4 is 21.8 Å². The molecular formula is C10H11BrN2O. The summed E-state index contributed by atoms with van der Waals surface area (Å²) in [6.07, 6.45) is 3.72. The summed E-state index contributed by atoms with van der Waals surface area (Å²) in [5.41, 5.74) is 0.644. The van der Waals surface area contributed by atoms with Gasteiger partial charge in [-0.1, -0.05) is 0 Å². The van der Waals surface area contributed by atoms with Crippen LogP contribution >= 0.6 is 15.9 Å². The second kappa shape index (κ2) is 3.35. The first-order valence-electron chi connectivity index (χ1n) is 4.53. The van der Waals surface area contributed by atoms with Crippen molar-refractivity contribution in [2.24, 2.45) is 0 Å². The fourth-order valence-electron chi connectivity index (χ4n) is 1.17. The number of halogens is 1. The summed E-state index contributed by atoms with van der Waals surface area (Å²) in [6.45, 7) is 2.05. The van der Waals surface area contributed by atoms with Crippen LogP contribution in [0.4, 0.5) is 0 Å². The molecule has 0 unspecified atom stereocenters. The van der Waals surface area contributed by atoms with Crippen LogP contribution in [0.15, 0.2) is 22.9 Å². The molecule has 74 valence electrons. The number of aromatic nitrogens is 1. The lowest BCUT2D eigenvalue weighted by Gasteiger charge is -2.10. The number of nitrogens with one attached hydrogen (secondary N) is 1. The molecule has 1 saturated carbocycles. The first kappa shape index (κ1) is 9.65. The van der Waals surface area contributed by atoms with Crippen molar-refractivity contribution in [3.05, 3.63) is 28.5 Å². The highest BCUT2D eigenvalue weighted by Gasteiger charge is 2.38. The van der Waals surface area contributed by atoms with E-state index in [9.17, 15) is 4.79 Å². The number of pyridine rings is 1. The fourth-order valence-corrected chi connectivity index (χ4v) is 1.40. The summed E-state index contributed by atoms with van der Waals surface area (Å²) in [6, 6.07) is 3.53. The van der Waals surface area contributed by atoms with Gasteiger partial charge in [0.15, 0.2) is 0 Å². The van der Waals surface area contributed by atoms with Gasteiger partial charge in [0, 0.05) is 11.7 Å². The SMILES string of the molecule is CC1(NC(=O)c2ccc(Br)nc2)CC1. The van der Waals surface area contributed by atoms with Crippen LogP contribution in [0.3, 0.4) is 0 Å². The van der Waals surface area contributed by atoms with E-state index < -0.39 is 0 Å². The van der Waals surface area contributed by atoms with Gasteiger partial charge in [-0.05, 0) is 47.8 Å². The smallest absolute Gasteiger partial charge is 0.253 e. The van der Waals surface area contributed by atoms with Crippen molar-refractivity contribution < 1.29 is 4.79 Å². The second-order valence-corrected chi connectivity index (χ2v) is 4.70. The van der Waals surface area contributed by atoms with Gasteiger partial charge in [-0.15, -0.1) is 0 Å². The largest absolute Gasteiger partial charge is 0.347 e. The highest BCUT2D eigenvalue weighted by Crippen LogP contribution is 2.34. The van der Waals surface area contributed by atoms with Gasteiger partial charge in [-0.3, -0.25) is 4.79 Å². The lowest BCUT2D eigenvalue weighted by atomic mass is 10.2. The molecule has 0 saturated heterocycles. The first-order valence-corrected chi connectivity index (χ1v) is 5.32. The van der Waals surface area contributed by atoms with Crippen molar-refractivity contribution in [1.82, 2.24) is 10.3 Å². The number of nitrogens with zero attached hydrogens (tertiary/aromatic N) is 1. The van der Waals surface area contributed by atoms with E-state index in [0.717, 1.165) is 17.4 Å².